The predicted molar refractivity (Wildman–Crippen MR) is 115 cm³/mol. The van der Waals surface area contributed by atoms with Crippen LogP contribution >= 0.6 is 11.3 Å². The minimum Gasteiger partial charge on any atom is -0.445 e. The van der Waals surface area contributed by atoms with Crippen LogP contribution in [0.15, 0.2) is 55.0 Å². The van der Waals surface area contributed by atoms with Crippen LogP contribution in [-0.2, 0) is 17.9 Å². The molecule has 1 unspecified atom stereocenters. The number of carbonyl (C=O) groups excluding carboxylic acids is 1. The van der Waals surface area contributed by atoms with Crippen LogP contribution in [0.3, 0.4) is 0 Å². The molecule has 0 aliphatic heterocycles. The SMILES string of the molecule is O=C(NCC(F)c1nc2c(NCc3ncccc3F)ncnc2s1)OCc1ccccc1. The van der Waals surface area contributed by atoms with Crippen LogP contribution in [0, 0.1) is 5.82 Å². The van der Waals surface area contributed by atoms with E-state index >= 15 is 0 Å². The van der Waals surface area contributed by atoms with Gasteiger partial charge in [-0.2, -0.15) is 0 Å². The Balaban J connectivity index is 1.36. The second kappa shape index (κ2) is 10.1. The number of pyridine rings is 1. The molecule has 4 aromatic rings. The summed E-state index contributed by atoms with van der Waals surface area (Å²) in [4.78, 5) is 28.8. The molecular weight excluding hydrogens is 438 g/mol. The number of aromatic nitrogens is 4. The van der Waals surface area contributed by atoms with Crippen molar-refractivity contribution in [3.8, 4) is 0 Å². The zero-order chi connectivity index (χ0) is 22.3. The average Bonchev–Trinajstić information content (AvgIpc) is 3.26. The van der Waals surface area contributed by atoms with Gasteiger partial charge in [-0.3, -0.25) is 4.98 Å². The molecule has 0 saturated heterocycles. The molecule has 3 heterocycles. The third-order valence-electron chi connectivity index (χ3n) is 4.38. The van der Waals surface area contributed by atoms with Gasteiger partial charge in [0.15, 0.2) is 12.0 Å². The van der Waals surface area contributed by atoms with E-state index in [9.17, 15) is 13.6 Å². The number of alkyl carbamates (subject to hydrolysis) is 1. The van der Waals surface area contributed by atoms with Gasteiger partial charge in [-0.15, -0.1) is 0 Å². The Kier molecular flexibility index (Phi) is 6.75. The summed E-state index contributed by atoms with van der Waals surface area (Å²) < 4.78 is 33.5. The lowest BCUT2D eigenvalue weighted by atomic mass is 10.2. The number of fused-ring (bicyclic) bond motifs is 1. The Morgan fingerprint density at radius 3 is 2.78 bits per heavy atom. The molecule has 1 aromatic carbocycles. The van der Waals surface area contributed by atoms with Crippen LogP contribution in [0.4, 0.5) is 19.4 Å². The zero-order valence-electron chi connectivity index (χ0n) is 16.7. The lowest BCUT2D eigenvalue weighted by Crippen LogP contribution is -2.27. The fourth-order valence-electron chi connectivity index (χ4n) is 2.78. The largest absolute Gasteiger partial charge is 0.445 e. The highest BCUT2D eigenvalue weighted by molar-refractivity contribution is 7.18. The van der Waals surface area contributed by atoms with E-state index in [0.717, 1.165) is 16.9 Å². The fraction of sp³-hybridized carbons (Fsp3) is 0.190. The van der Waals surface area contributed by atoms with Gasteiger partial charge in [0.1, 0.15) is 34.1 Å². The summed E-state index contributed by atoms with van der Waals surface area (Å²) in [6.07, 6.45) is 0.521. The molecule has 8 nitrogen and oxygen atoms in total. The molecule has 0 spiro atoms. The summed E-state index contributed by atoms with van der Waals surface area (Å²) in [5.74, 6) is -0.108. The minimum atomic E-state index is -1.56. The van der Waals surface area contributed by atoms with E-state index in [0.29, 0.717) is 16.2 Å². The Labute approximate surface area is 185 Å². The topological polar surface area (TPSA) is 102 Å². The quantitative estimate of drug-likeness (QED) is 0.410. The van der Waals surface area contributed by atoms with Crippen molar-refractivity contribution in [1.29, 1.82) is 0 Å². The summed E-state index contributed by atoms with van der Waals surface area (Å²) in [6, 6.07) is 12.0. The third kappa shape index (κ3) is 5.30. The first kappa shape index (κ1) is 21.5. The highest BCUT2D eigenvalue weighted by Crippen LogP contribution is 2.30. The molecule has 11 heteroatoms. The number of hydrogen-bond donors (Lipinski definition) is 2. The number of amides is 1. The van der Waals surface area contributed by atoms with Crippen LogP contribution in [0.5, 0.6) is 0 Å². The van der Waals surface area contributed by atoms with Crippen molar-refractivity contribution in [2.45, 2.75) is 19.3 Å². The van der Waals surface area contributed by atoms with E-state index in [4.69, 9.17) is 4.74 Å². The minimum absolute atomic E-state index is 0.0828. The van der Waals surface area contributed by atoms with Crippen molar-refractivity contribution in [3.05, 3.63) is 77.1 Å². The first-order chi connectivity index (χ1) is 15.6. The Bertz CT molecular complexity index is 1210. The maximum Gasteiger partial charge on any atom is 0.407 e. The van der Waals surface area contributed by atoms with Gasteiger partial charge in [-0.25, -0.2) is 28.5 Å². The van der Waals surface area contributed by atoms with Gasteiger partial charge in [-0.1, -0.05) is 41.7 Å². The number of alkyl halides is 1. The van der Waals surface area contributed by atoms with Crippen LogP contribution in [-0.4, -0.2) is 32.6 Å². The van der Waals surface area contributed by atoms with Gasteiger partial charge in [0.2, 0.25) is 0 Å². The number of benzene rings is 1. The van der Waals surface area contributed by atoms with E-state index in [-0.39, 0.29) is 30.4 Å². The van der Waals surface area contributed by atoms with Gasteiger partial charge in [-0.05, 0) is 17.7 Å². The second-order valence-corrected chi connectivity index (χ2v) is 7.63. The molecule has 164 valence electrons. The lowest BCUT2D eigenvalue weighted by molar-refractivity contribution is 0.136. The van der Waals surface area contributed by atoms with E-state index < -0.39 is 18.1 Å². The van der Waals surface area contributed by atoms with Crippen molar-refractivity contribution >= 4 is 33.6 Å². The van der Waals surface area contributed by atoms with Crippen LogP contribution < -0.4 is 10.6 Å². The Morgan fingerprint density at radius 2 is 1.97 bits per heavy atom. The van der Waals surface area contributed by atoms with E-state index in [1.165, 1.54) is 24.7 Å². The maximum atomic E-state index is 14.7. The molecule has 0 aliphatic rings. The fourth-order valence-corrected chi connectivity index (χ4v) is 3.67. The first-order valence-corrected chi connectivity index (χ1v) is 10.4. The number of ether oxygens (including phenoxy) is 1. The summed E-state index contributed by atoms with van der Waals surface area (Å²) in [6.45, 7) is -0.130. The highest BCUT2D eigenvalue weighted by Gasteiger charge is 2.19. The van der Waals surface area contributed by atoms with Gasteiger partial charge in [0.05, 0.1) is 18.8 Å². The molecule has 1 atom stereocenters. The van der Waals surface area contributed by atoms with Crippen LogP contribution in [0.2, 0.25) is 0 Å². The monoisotopic (exact) mass is 456 g/mol. The average molecular weight is 456 g/mol. The summed E-state index contributed by atoms with van der Waals surface area (Å²) in [5, 5.41) is 5.48. The molecule has 2 N–H and O–H groups in total. The van der Waals surface area contributed by atoms with Gasteiger partial charge >= 0.3 is 6.09 Å². The summed E-state index contributed by atoms with van der Waals surface area (Å²) in [5.41, 5.74) is 1.41. The smallest absolute Gasteiger partial charge is 0.407 e. The number of thiazole rings is 1. The van der Waals surface area contributed by atoms with E-state index in [1.807, 2.05) is 30.3 Å². The number of nitrogens with zero attached hydrogens (tertiary/aromatic N) is 4. The maximum absolute atomic E-state index is 14.7. The molecule has 0 bridgehead atoms. The molecular formula is C21H18F2N6O2S. The first-order valence-electron chi connectivity index (χ1n) is 9.63. The summed E-state index contributed by atoms with van der Waals surface area (Å²) >= 11 is 1.05. The number of anilines is 1. The normalized spacial score (nSPS) is 11.8. The number of carbonyl (C=O) groups is 1. The van der Waals surface area contributed by atoms with Gasteiger partial charge in [0.25, 0.3) is 0 Å². The summed E-state index contributed by atoms with van der Waals surface area (Å²) in [7, 11) is 0. The van der Waals surface area contributed by atoms with Gasteiger partial charge < -0.3 is 15.4 Å². The molecule has 3 aromatic heterocycles. The second-order valence-electron chi connectivity index (χ2n) is 6.62. The lowest BCUT2D eigenvalue weighted by Gasteiger charge is -2.08. The number of nitrogens with one attached hydrogen (secondary N) is 2. The molecule has 0 radical (unpaired) electrons. The highest BCUT2D eigenvalue weighted by atomic mass is 32.1. The Hall–Kier alpha value is -3.73. The van der Waals surface area contributed by atoms with Gasteiger partial charge in [0, 0.05) is 6.20 Å². The Morgan fingerprint density at radius 1 is 1.12 bits per heavy atom. The van der Waals surface area contributed by atoms with Crippen molar-refractivity contribution in [2.24, 2.45) is 0 Å². The van der Waals surface area contributed by atoms with Crippen molar-refractivity contribution < 1.29 is 18.3 Å². The van der Waals surface area contributed by atoms with Crippen molar-refractivity contribution in [2.75, 3.05) is 11.9 Å². The molecule has 1 amide bonds. The standard InChI is InChI=1S/C21H18F2N6O2S/c22-14-7-4-8-24-16(14)10-25-18-17-20(28-12-27-18)32-19(29-17)15(23)9-26-21(30)31-11-13-5-2-1-3-6-13/h1-8,12,15H,9-11H2,(H,26,30)(H,25,27,28). The number of rotatable bonds is 8. The zero-order valence-corrected chi connectivity index (χ0v) is 17.5. The molecule has 0 saturated carbocycles. The van der Waals surface area contributed by atoms with Crippen molar-refractivity contribution in [3.63, 3.8) is 0 Å². The number of halogens is 2. The van der Waals surface area contributed by atoms with Crippen LogP contribution in [0.1, 0.15) is 22.4 Å². The predicted octanol–water partition coefficient (Wildman–Crippen LogP) is 4.17. The molecule has 0 aliphatic carbocycles. The van der Waals surface area contributed by atoms with E-state index in [1.54, 1.807) is 0 Å². The molecule has 0 fully saturated rings. The molecule has 4 rings (SSSR count). The van der Waals surface area contributed by atoms with Crippen LogP contribution in [0.25, 0.3) is 10.3 Å². The number of hydrogen-bond acceptors (Lipinski definition) is 8. The third-order valence-corrected chi connectivity index (χ3v) is 5.42. The van der Waals surface area contributed by atoms with Crippen molar-refractivity contribution in [1.82, 2.24) is 25.3 Å². The van der Waals surface area contributed by atoms with E-state index in [2.05, 4.69) is 30.6 Å². The molecule has 32 heavy (non-hydrogen) atoms.